The Morgan fingerprint density at radius 1 is 1.10 bits per heavy atom. The van der Waals surface area contributed by atoms with Gasteiger partial charge in [-0.3, -0.25) is 0 Å². The zero-order chi connectivity index (χ0) is 13.2. The van der Waals surface area contributed by atoms with Crippen LogP contribution >= 0.6 is 24.8 Å². The maximum absolute atomic E-state index is 9.78. The number of nitrogens with one attached hydrogen (secondary N) is 1. The highest BCUT2D eigenvalue weighted by atomic mass is 35.5. The normalized spacial score (nSPS) is 16.9. The van der Waals surface area contributed by atoms with E-state index in [1.807, 2.05) is 18.2 Å². The number of aromatic hydroxyl groups is 1. The Labute approximate surface area is 137 Å². The number of phenols is 1. The average molecular weight is 327 g/mol. The maximum Gasteiger partial charge on any atom is 0.138 e. The molecule has 1 atom stereocenters. The van der Waals surface area contributed by atoms with Gasteiger partial charge in [0.2, 0.25) is 0 Å². The van der Waals surface area contributed by atoms with Crippen molar-refractivity contribution in [2.24, 2.45) is 0 Å². The number of benzene rings is 2. The second-order valence-corrected chi connectivity index (χ2v) is 5.03. The van der Waals surface area contributed by atoms with Crippen molar-refractivity contribution < 1.29 is 5.11 Å². The standard InChI is InChI=1S/C16H18N2O.2ClH/c17-15-9-13-12(8-16(15)19)6-7-18-10-14(13)11-4-2-1-3-5-11;;/h1-5,8-9,14,18-19H,6-7,10,17H2;2*1H. The number of nitrogen functional groups attached to an aromatic ring is 1. The molecular formula is C16H20Cl2N2O. The van der Waals surface area contributed by atoms with Crippen molar-refractivity contribution in [3.63, 3.8) is 0 Å². The monoisotopic (exact) mass is 326 g/mol. The van der Waals surface area contributed by atoms with E-state index in [1.165, 1.54) is 16.7 Å². The molecule has 2 aromatic carbocycles. The molecule has 0 fully saturated rings. The van der Waals surface area contributed by atoms with Gasteiger partial charge >= 0.3 is 0 Å². The van der Waals surface area contributed by atoms with Crippen LogP contribution < -0.4 is 11.1 Å². The summed E-state index contributed by atoms with van der Waals surface area (Å²) in [5.41, 5.74) is 10.0. The third-order valence-corrected chi connectivity index (χ3v) is 3.79. The van der Waals surface area contributed by atoms with Crippen molar-refractivity contribution in [3.05, 3.63) is 59.2 Å². The molecule has 1 aliphatic rings. The Kier molecular flexibility index (Phi) is 6.34. The van der Waals surface area contributed by atoms with Crippen LogP contribution in [0.15, 0.2) is 42.5 Å². The minimum atomic E-state index is 0. The first-order valence-corrected chi connectivity index (χ1v) is 6.62. The summed E-state index contributed by atoms with van der Waals surface area (Å²) in [6.07, 6.45) is 0.923. The van der Waals surface area contributed by atoms with Crippen LogP contribution in [0.25, 0.3) is 0 Å². The number of hydrogen-bond donors (Lipinski definition) is 3. The van der Waals surface area contributed by atoms with Gasteiger partial charge in [0.05, 0.1) is 5.69 Å². The SMILES string of the molecule is Cl.Cl.Nc1cc2c(cc1O)CCNCC2c1ccccc1. The lowest BCUT2D eigenvalue weighted by molar-refractivity contribution is 0.477. The van der Waals surface area contributed by atoms with Crippen LogP contribution in [-0.4, -0.2) is 18.2 Å². The number of anilines is 1. The summed E-state index contributed by atoms with van der Waals surface area (Å²) in [6, 6.07) is 14.2. The van der Waals surface area contributed by atoms with Crippen molar-refractivity contribution in [2.45, 2.75) is 12.3 Å². The summed E-state index contributed by atoms with van der Waals surface area (Å²) >= 11 is 0. The first-order chi connectivity index (χ1) is 9.25. The predicted octanol–water partition coefficient (Wildman–Crippen LogP) is 3.10. The number of phenolic OH excluding ortho intramolecular Hbond substituents is 1. The Hall–Kier alpha value is -1.42. The van der Waals surface area contributed by atoms with E-state index in [1.54, 1.807) is 0 Å². The molecule has 21 heavy (non-hydrogen) atoms. The summed E-state index contributed by atoms with van der Waals surface area (Å²) < 4.78 is 0. The molecule has 0 aliphatic carbocycles. The molecule has 3 rings (SSSR count). The van der Waals surface area contributed by atoms with Gasteiger partial charge in [0.25, 0.3) is 0 Å². The predicted molar refractivity (Wildman–Crippen MR) is 91.9 cm³/mol. The number of halogens is 2. The molecule has 0 saturated heterocycles. The largest absolute Gasteiger partial charge is 0.506 e. The second-order valence-electron chi connectivity index (χ2n) is 5.03. The average Bonchev–Trinajstić information content (AvgIpc) is 2.63. The van der Waals surface area contributed by atoms with E-state index >= 15 is 0 Å². The van der Waals surface area contributed by atoms with Crippen molar-refractivity contribution >= 4 is 30.5 Å². The molecular weight excluding hydrogens is 307 g/mol. The number of rotatable bonds is 1. The van der Waals surface area contributed by atoms with Crippen LogP contribution in [0, 0.1) is 0 Å². The smallest absolute Gasteiger partial charge is 0.138 e. The summed E-state index contributed by atoms with van der Waals surface area (Å²) in [7, 11) is 0. The van der Waals surface area contributed by atoms with Gasteiger partial charge in [-0.2, -0.15) is 0 Å². The molecule has 0 radical (unpaired) electrons. The van der Waals surface area contributed by atoms with E-state index in [-0.39, 0.29) is 30.6 Å². The van der Waals surface area contributed by atoms with Gasteiger partial charge in [-0.25, -0.2) is 0 Å². The fraction of sp³-hybridized carbons (Fsp3) is 0.250. The van der Waals surface area contributed by atoms with Crippen molar-refractivity contribution in [1.29, 1.82) is 0 Å². The molecule has 0 saturated carbocycles. The minimum absolute atomic E-state index is 0. The maximum atomic E-state index is 9.78. The van der Waals surface area contributed by atoms with Crippen LogP contribution in [0.5, 0.6) is 5.75 Å². The second kappa shape index (κ2) is 7.55. The fourth-order valence-electron chi connectivity index (χ4n) is 2.77. The number of hydrogen-bond acceptors (Lipinski definition) is 3. The van der Waals surface area contributed by atoms with Crippen LogP contribution in [0.4, 0.5) is 5.69 Å². The summed E-state index contributed by atoms with van der Waals surface area (Å²) in [5, 5.41) is 13.2. The molecule has 3 nitrogen and oxygen atoms in total. The molecule has 4 N–H and O–H groups in total. The Balaban J connectivity index is 0.00000110. The van der Waals surface area contributed by atoms with Gasteiger partial charge in [-0.1, -0.05) is 30.3 Å². The zero-order valence-corrected chi connectivity index (χ0v) is 13.2. The van der Waals surface area contributed by atoms with E-state index in [0.717, 1.165) is 19.5 Å². The van der Waals surface area contributed by atoms with Gasteiger partial charge in [0.15, 0.2) is 0 Å². The van der Waals surface area contributed by atoms with Gasteiger partial charge < -0.3 is 16.2 Å². The number of fused-ring (bicyclic) bond motifs is 1. The van der Waals surface area contributed by atoms with Gasteiger partial charge in [0, 0.05) is 12.5 Å². The summed E-state index contributed by atoms with van der Waals surface area (Å²) in [5.74, 6) is 0.481. The molecule has 0 bridgehead atoms. The van der Waals surface area contributed by atoms with Gasteiger partial charge in [-0.15, -0.1) is 24.8 Å². The lowest BCUT2D eigenvalue weighted by Crippen LogP contribution is -2.20. The van der Waals surface area contributed by atoms with Crippen LogP contribution in [0.3, 0.4) is 0 Å². The van der Waals surface area contributed by atoms with Gasteiger partial charge in [0.1, 0.15) is 5.75 Å². The summed E-state index contributed by atoms with van der Waals surface area (Å²) in [4.78, 5) is 0. The van der Waals surface area contributed by atoms with E-state index in [0.29, 0.717) is 11.6 Å². The number of nitrogens with two attached hydrogens (primary N) is 1. The Morgan fingerprint density at radius 3 is 2.52 bits per heavy atom. The molecule has 0 amide bonds. The molecule has 1 unspecified atom stereocenters. The third kappa shape index (κ3) is 3.62. The topological polar surface area (TPSA) is 58.3 Å². The van der Waals surface area contributed by atoms with Crippen molar-refractivity contribution in [1.82, 2.24) is 5.32 Å². The summed E-state index contributed by atoms with van der Waals surface area (Å²) in [6.45, 7) is 1.83. The van der Waals surface area contributed by atoms with E-state index in [4.69, 9.17) is 5.73 Å². The molecule has 114 valence electrons. The first kappa shape index (κ1) is 17.6. The third-order valence-electron chi connectivity index (χ3n) is 3.79. The van der Waals surface area contributed by atoms with E-state index < -0.39 is 0 Å². The van der Waals surface area contributed by atoms with Crippen LogP contribution in [0.1, 0.15) is 22.6 Å². The zero-order valence-electron chi connectivity index (χ0n) is 11.6. The van der Waals surface area contributed by atoms with Crippen molar-refractivity contribution in [3.8, 4) is 5.75 Å². The Morgan fingerprint density at radius 2 is 1.81 bits per heavy atom. The quantitative estimate of drug-likeness (QED) is 0.557. The first-order valence-electron chi connectivity index (χ1n) is 6.62. The van der Waals surface area contributed by atoms with Crippen LogP contribution in [-0.2, 0) is 6.42 Å². The highest BCUT2D eigenvalue weighted by Crippen LogP contribution is 2.34. The molecule has 2 aromatic rings. The molecule has 0 spiro atoms. The molecule has 0 aromatic heterocycles. The highest BCUT2D eigenvalue weighted by molar-refractivity contribution is 5.85. The molecule has 5 heteroatoms. The highest BCUT2D eigenvalue weighted by Gasteiger charge is 2.21. The molecule has 1 heterocycles. The van der Waals surface area contributed by atoms with E-state index in [2.05, 4.69) is 29.6 Å². The van der Waals surface area contributed by atoms with E-state index in [9.17, 15) is 5.11 Å². The van der Waals surface area contributed by atoms with Crippen molar-refractivity contribution in [2.75, 3.05) is 18.8 Å². The minimum Gasteiger partial charge on any atom is -0.506 e. The lowest BCUT2D eigenvalue weighted by Gasteiger charge is -2.19. The van der Waals surface area contributed by atoms with Gasteiger partial charge in [-0.05, 0) is 41.8 Å². The van der Waals surface area contributed by atoms with Crippen LogP contribution in [0.2, 0.25) is 0 Å². The molecule has 1 aliphatic heterocycles. The Bertz CT molecular complexity index is 590. The lowest BCUT2D eigenvalue weighted by atomic mass is 9.87. The fourth-order valence-corrected chi connectivity index (χ4v) is 2.77.